The molecule has 34 heavy (non-hydrogen) atoms. The Morgan fingerprint density at radius 3 is 2.24 bits per heavy atom. The molecule has 0 aromatic heterocycles. The molecule has 6 fully saturated rings. The predicted molar refractivity (Wildman–Crippen MR) is 139 cm³/mol. The molecule has 6 rings (SSSR count). The minimum Gasteiger partial charge on any atom is -0.327 e. The van der Waals surface area contributed by atoms with Gasteiger partial charge in [-0.1, -0.05) is 34.1 Å². The standard InChI is InChI=1S/C30H47N3O/c1-9-17-10-19-20-12-23-22-13-24(32-7)25(15(2)34)29(22,33-8)14-27(4,5)30(23,16(3)31)28(6,26(19)20)21-11-18(17)21/h16-26H,7-14,31H2,1-6H3/t16-,17?,18-,19?,20?,21?,22?,23?,24+,25?,26+,28?,29?,30+/m0/s1. The van der Waals surface area contributed by atoms with E-state index in [1.165, 1.54) is 25.7 Å². The number of nitrogens with two attached hydrogens (primary N) is 1. The fraction of sp³-hybridized carbons (Fsp3) is 0.900. The van der Waals surface area contributed by atoms with Crippen LogP contribution in [0, 0.1) is 69.5 Å². The van der Waals surface area contributed by atoms with Crippen molar-refractivity contribution < 1.29 is 4.79 Å². The van der Waals surface area contributed by atoms with E-state index < -0.39 is 5.54 Å². The molecule has 0 aromatic carbocycles. The second kappa shape index (κ2) is 6.84. The van der Waals surface area contributed by atoms with Crippen molar-refractivity contribution in [1.29, 1.82) is 0 Å². The van der Waals surface area contributed by atoms with Crippen LogP contribution in [0.5, 0.6) is 0 Å². The van der Waals surface area contributed by atoms with Crippen molar-refractivity contribution >= 4 is 19.2 Å². The first-order valence-electron chi connectivity index (χ1n) is 14.2. The van der Waals surface area contributed by atoms with Gasteiger partial charge in [0.05, 0.1) is 17.5 Å². The van der Waals surface area contributed by atoms with Crippen molar-refractivity contribution in [3.63, 3.8) is 0 Å². The highest BCUT2D eigenvalue weighted by atomic mass is 16.1. The predicted octanol–water partition coefficient (Wildman–Crippen LogP) is 5.44. The van der Waals surface area contributed by atoms with Gasteiger partial charge in [-0.2, -0.15) is 0 Å². The van der Waals surface area contributed by atoms with E-state index in [1.807, 2.05) is 0 Å². The molecule has 0 spiro atoms. The Bertz CT molecular complexity index is 941. The van der Waals surface area contributed by atoms with Gasteiger partial charge in [0.15, 0.2) is 0 Å². The fourth-order valence-electron chi connectivity index (χ4n) is 13.1. The summed E-state index contributed by atoms with van der Waals surface area (Å²) in [6.07, 6.45) is 7.27. The monoisotopic (exact) mass is 465 g/mol. The van der Waals surface area contributed by atoms with Crippen molar-refractivity contribution in [2.75, 3.05) is 0 Å². The van der Waals surface area contributed by atoms with Crippen LogP contribution in [0.3, 0.4) is 0 Å². The Balaban J connectivity index is 1.57. The third-order valence-corrected chi connectivity index (χ3v) is 13.4. The van der Waals surface area contributed by atoms with Gasteiger partial charge in [-0.25, -0.2) is 0 Å². The minimum atomic E-state index is -0.429. The van der Waals surface area contributed by atoms with Crippen LogP contribution in [-0.2, 0) is 4.79 Å². The van der Waals surface area contributed by atoms with Crippen LogP contribution >= 0.6 is 0 Å². The number of Topliss-reactive ketones (excluding diaryl/α,β-unsaturated/α-hetero) is 1. The van der Waals surface area contributed by atoms with E-state index in [4.69, 9.17) is 10.7 Å². The first-order chi connectivity index (χ1) is 16.0. The van der Waals surface area contributed by atoms with E-state index in [-0.39, 0.29) is 40.0 Å². The molecule has 4 heteroatoms. The zero-order valence-corrected chi connectivity index (χ0v) is 22.4. The van der Waals surface area contributed by atoms with Crippen molar-refractivity contribution in [2.24, 2.45) is 85.2 Å². The Kier molecular flexibility index (Phi) is 4.70. The molecule has 0 aromatic rings. The molecular weight excluding hydrogens is 418 g/mol. The summed E-state index contributed by atoms with van der Waals surface area (Å²) in [6.45, 7) is 22.3. The Morgan fingerprint density at radius 1 is 1.03 bits per heavy atom. The van der Waals surface area contributed by atoms with E-state index in [0.717, 1.165) is 48.3 Å². The first-order valence-corrected chi connectivity index (χ1v) is 14.2. The average Bonchev–Trinajstić information content (AvgIpc) is 3.65. The summed E-state index contributed by atoms with van der Waals surface area (Å²) in [4.78, 5) is 22.6. The molecule has 0 aliphatic heterocycles. The van der Waals surface area contributed by atoms with Gasteiger partial charge in [-0.15, -0.1) is 0 Å². The van der Waals surface area contributed by atoms with Crippen molar-refractivity contribution in [1.82, 2.24) is 0 Å². The normalized spacial score (nSPS) is 58.8. The number of fused-ring (bicyclic) bond motifs is 7. The largest absolute Gasteiger partial charge is 0.327 e. The number of ketones is 1. The van der Waals surface area contributed by atoms with Crippen LogP contribution in [0.25, 0.3) is 0 Å². The summed E-state index contributed by atoms with van der Waals surface area (Å²) in [5.41, 5.74) is 7.13. The molecule has 0 radical (unpaired) electrons. The second-order valence-electron chi connectivity index (χ2n) is 14.4. The highest BCUT2D eigenvalue weighted by Gasteiger charge is 2.84. The van der Waals surface area contributed by atoms with E-state index in [0.29, 0.717) is 11.8 Å². The molecule has 0 heterocycles. The molecule has 0 bridgehead atoms. The molecule has 6 saturated carbocycles. The van der Waals surface area contributed by atoms with Gasteiger partial charge in [0, 0.05) is 6.04 Å². The molecule has 9 unspecified atom stereocenters. The van der Waals surface area contributed by atoms with Gasteiger partial charge in [-0.3, -0.25) is 14.8 Å². The summed E-state index contributed by atoms with van der Waals surface area (Å²) in [7, 11) is 0. The Hall–Kier alpha value is -1.03. The quantitative estimate of drug-likeness (QED) is 0.550. The number of carbonyl (C=O) groups excluding carboxylic acids is 1. The smallest absolute Gasteiger partial charge is 0.137 e. The van der Waals surface area contributed by atoms with Gasteiger partial charge in [0.25, 0.3) is 0 Å². The lowest BCUT2D eigenvalue weighted by Gasteiger charge is -2.72. The van der Waals surface area contributed by atoms with Crippen LogP contribution in [0.15, 0.2) is 9.98 Å². The zero-order valence-electron chi connectivity index (χ0n) is 22.4. The average molecular weight is 466 g/mol. The van der Waals surface area contributed by atoms with Crippen molar-refractivity contribution in [3.05, 3.63) is 0 Å². The van der Waals surface area contributed by atoms with E-state index in [9.17, 15) is 4.79 Å². The van der Waals surface area contributed by atoms with Crippen LogP contribution in [0.1, 0.15) is 80.1 Å². The summed E-state index contributed by atoms with van der Waals surface area (Å²) in [5, 5.41) is 0. The third-order valence-electron chi connectivity index (χ3n) is 13.4. The molecule has 14 atom stereocenters. The SMILES string of the molecule is C=N[C@@H]1CC2C3CC4C5CC(CC)[C@@H]6CC6C(C)([C@H]54)[C@@]3([C@H](C)N)C(C)(C)CC2(N=C)C1C(C)=O. The fourth-order valence-corrected chi connectivity index (χ4v) is 13.1. The van der Waals surface area contributed by atoms with E-state index >= 15 is 0 Å². The third kappa shape index (κ3) is 2.30. The molecule has 6 aliphatic carbocycles. The van der Waals surface area contributed by atoms with Gasteiger partial charge >= 0.3 is 0 Å². The zero-order chi connectivity index (χ0) is 24.6. The molecule has 0 saturated heterocycles. The Labute approximate surface area is 207 Å². The highest BCUT2D eigenvalue weighted by Crippen LogP contribution is 2.87. The van der Waals surface area contributed by atoms with Crippen molar-refractivity contribution in [3.8, 4) is 0 Å². The molecular formula is C30H47N3O. The number of nitrogens with zero attached hydrogens (tertiary/aromatic N) is 2. The van der Waals surface area contributed by atoms with Gasteiger partial charge < -0.3 is 5.73 Å². The number of carbonyl (C=O) groups is 1. The van der Waals surface area contributed by atoms with Gasteiger partial charge in [0.1, 0.15) is 5.78 Å². The van der Waals surface area contributed by atoms with Crippen LogP contribution in [0.4, 0.5) is 0 Å². The summed E-state index contributed by atoms with van der Waals surface area (Å²) >= 11 is 0. The van der Waals surface area contributed by atoms with Gasteiger partial charge in [-0.05, 0) is 123 Å². The number of hydrogen-bond acceptors (Lipinski definition) is 4. The number of rotatable bonds is 5. The maximum absolute atomic E-state index is 13.1. The molecule has 6 aliphatic rings. The first kappa shape index (κ1) is 23.4. The number of hydrogen-bond donors (Lipinski definition) is 1. The molecule has 0 amide bonds. The summed E-state index contributed by atoms with van der Waals surface area (Å²) in [6, 6.07) is 0.0752. The topological polar surface area (TPSA) is 67.8 Å². The van der Waals surface area contributed by atoms with Crippen LogP contribution in [-0.4, -0.2) is 36.8 Å². The molecule has 4 nitrogen and oxygen atoms in total. The lowest BCUT2D eigenvalue weighted by Crippen LogP contribution is -2.73. The second-order valence-corrected chi connectivity index (χ2v) is 14.4. The summed E-state index contributed by atoms with van der Waals surface area (Å²) in [5.74, 6) is 6.00. The minimum absolute atomic E-state index is 0.0284. The van der Waals surface area contributed by atoms with Crippen LogP contribution in [0.2, 0.25) is 0 Å². The highest BCUT2D eigenvalue weighted by molar-refractivity contribution is 5.82. The van der Waals surface area contributed by atoms with E-state index in [1.54, 1.807) is 6.92 Å². The van der Waals surface area contributed by atoms with Gasteiger partial charge in [0.2, 0.25) is 0 Å². The summed E-state index contributed by atoms with van der Waals surface area (Å²) < 4.78 is 0. The maximum atomic E-state index is 13.1. The van der Waals surface area contributed by atoms with E-state index in [2.05, 4.69) is 53.0 Å². The lowest BCUT2D eigenvalue weighted by molar-refractivity contribution is -0.228. The van der Waals surface area contributed by atoms with Crippen LogP contribution < -0.4 is 5.73 Å². The molecule has 188 valence electrons. The lowest BCUT2D eigenvalue weighted by atomic mass is 9.33. The molecule has 2 N–H and O–H groups in total. The van der Waals surface area contributed by atoms with Crippen molar-refractivity contribution in [2.45, 2.75) is 97.7 Å². The Morgan fingerprint density at radius 2 is 1.68 bits per heavy atom. The maximum Gasteiger partial charge on any atom is 0.137 e. The number of aliphatic imine (C=N–C) groups is 2.